The minimum Gasteiger partial charge on any atom is -0.455 e. The molecule has 7 nitrogen and oxygen atoms in total. The van der Waals surface area contributed by atoms with Gasteiger partial charge in [-0.15, -0.1) is 0 Å². The molecule has 3 heterocycles. The van der Waals surface area contributed by atoms with Gasteiger partial charge in [0.1, 0.15) is 11.2 Å². The number of fused-ring (bicyclic) bond motifs is 3. The third-order valence-corrected chi connectivity index (χ3v) is 10.8. The van der Waals surface area contributed by atoms with Crippen molar-refractivity contribution in [3.05, 3.63) is 206 Å². The van der Waals surface area contributed by atoms with Gasteiger partial charge in [0.05, 0.1) is 0 Å². The molecule has 0 aliphatic carbocycles. The molecule has 0 aliphatic rings. The number of para-hydroxylation sites is 1. The van der Waals surface area contributed by atoms with Crippen LogP contribution in [-0.2, 0) is 0 Å². The van der Waals surface area contributed by atoms with Crippen LogP contribution in [0.3, 0.4) is 0 Å². The van der Waals surface area contributed by atoms with Gasteiger partial charge in [-0.1, -0.05) is 188 Å². The molecule has 3 aromatic heterocycles. The first-order valence-corrected chi connectivity index (χ1v) is 20.1. The molecule has 0 N–H and O–H groups in total. The number of rotatable bonds is 8. The average Bonchev–Trinajstić information content (AvgIpc) is 3.74. The average molecular weight is 783 g/mol. The Labute approximate surface area is 351 Å². The maximum Gasteiger partial charge on any atom is 0.164 e. The minimum absolute atomic E-state index is 0.554. The lowest BCUT2D eigenvalue weighted by molar-refractivity contribution is 0.671. The molecule has 0 fully saturated rings. The van der Waals surface area contributed by atoms with Crippen molar-refractivity contribution in [3.8, 4) is 90.6 Å². The number of benzene rings is 8. The SMILES string of the molecule is c1ccc(-c2nc(-c3ccccc3)nc(-c3cccc(-c4cc(-c5nc(-c6ccccc6)nc(-c6ccccc6)n5)cc5c4oc4c(-c6ccccc6)cccc45)c3)n2)cc1. The van der Waals surface area contributed by atoms with Crippen LogP contribution >= 0.6 is 0 Å². The zero-order valence-electron chi connectivity index (χ0n) is 32.7. The standard InChI is InChI=1S/C54H34N6O/c1-6-18-35(19-7-1)43-30-17-31-44-46-34-42(54-59-51(38-24-12-4-13-25-38)56-52(60-54)39-26-14-5-15-27-39)33-45(48(46)61-47(43)44)40-28-16-29-41(32-40)53-57-49(36-20-8-2-9-21-36)55-50(58-53)37-22-10-3-11-23-37/h1-34H. The summed E-state index contributed by atoms with van der Waals surface area (Å²) in [6, 6.07) is 69.4. The lowest BCUT2D eigenvalue weighted by Gasteiger charge is -2.12. The minimum atomic E-state index is 0.554. The topological polar surface area (TPSA) is 90.5 Å². The van der Waals surface area contributed by atoms with E-state index in [9.17, 15) is 0 Å². The van der Waals surface area contributed by atoms with E-state index in [2.05, 4.69) is 66.7 Å². The molecular formula is C54H34N6O. The molecule has 0 spiro atoms. The highest BCUT2D eigenvalue weighted by Crippen LogP contribution is 2.43. The Morgan fingerprint density at radius 3 is 1.07 bits per heavy atom. The van der Waals surface area contributed by atoms with Crippen LogP contribution in [-0.4, -0.2) is 29.9 Å². The van der Waals surface area contributed by atoms with Gasteiger partial charge >= 0.3 is 0 Å². The summed E-state index contributed by atoms with van der Waals surface area (Å²) < 4.78 is 7.01. The Kier molecular flexibility index (Phi) is 9.02. The van der Waals surface area contributed by atoms with Crippen LogP contribution in [0.1, 0.15) is 0 Å². The smallest absolute Gasteiger partial charge is 0.164 e. The van der Waals surface area contributed by atoms with E-state index in [1.54, 1.807) is 0 Å². The molecule has 0 amide bonds. The number of hydrogen-bond acceptors (Lipinski definition) is 7. The second kappa shape index (κ2) is 15.4. The molecule has 286 valence electrons. The van der Waals surface area contributed by atoms with E-state index in [1.807, 2.05) is 140 Å². The fourth-order valence-electron chi connectivity index (χ4n) is 7.79. The number of furan rings is 1. The van der Waals surface area contributed by atoms with Crippen molar-refractivity contribution in [2.75, 3.05) is 0 Å². The fraction of sp³-hybridized carbons (Fsp3) is 0. The monoisotopic (exact) mass is 782 g/mol. The maximum atomic E-state index is 7.01. The van der Waals surface area contributed by atoms with Gasteiger partial charge in [0.15, 0.2) is 34.9 Å². The Bertz CT molecular complexity index is 3220. The van der Waals surface area contributed by atoms with Gasteiger partial charge in [0, 0.05) is 55.3 Å². The molecule has 11 rings (SSSR count). The third kappa shape index (κ3) is 6.90. The lowest BCUT2D eigenvalue weighted by Crippen LogP contribution is -2.00. The first-order chi connectivity index (χ1) is 30.2. The van der Waals surface area contributed by atoms with E-state index >= 15 is 0 Å². The summed E-state index contributed by atoms with van der Waals surface area (Å²) in [6.45, 7) is 0. The summed E-state index contributed by atoms with van der Waals surface area (Å²) in [6.07, 6.45) is 0. The number of aromatic nitrogens is 6. The molecule has 0 saturated carbocycles. The van der Waals surface area contributed by atoms with Crippen LogP contribution in [0, 0.1) is 0 Å². The van der Waals surface area contributed by atoms with E-state index in [-0.39, 0.29) is 0 Å². The van der Waals surface area contributed by atoms with E-state index in [0.29, 0.717) is 34.9 Å². The van der Waals surface area contributed by atoms with Crippen LogP contribution < -0.4 is 0 Å². The third-order valence-electron chi connectivity index (χ3n) is 10.8. The maximum absolute atomic E-state index is 7.01. The van der Waals surface area contributed by atoms with E-state index in [0.717, 1.165) is 77.6 Å². The van der Waals surface area contributed by atoms with Crippen molar-refractivity contribution in [1.29, 1.82) is 0 Å². The highest BCUT2D eigenvalue weighted by molar-refractivity contribution is 6.14. The second-order valence-electron chi connectivity index (χ2n) is 14.7. The van der Waals surface area contributed by atoms with E-state index in [4.69, 9.17) is 34.3 Å². The van der Waals surface area contributed by atoms with Crippen LogP contribution in [0.5, 0.6) is 0 Å². The zero-order valence-corrected chi connectivity index (χ0v) is 32.7. The highest BCUT2D eigenvalue weighted by Gasteiger charge is 2.21. The molecule has 61 heavy (non-hydrogen) atoms. The first-order valence-electron chi connectivity index (χ1n) is 20.1. The molecule has 0 aliphatic heterocycles. The van der Waals surface area contributed by atoms with Crippen molar-refractivity contribution in [3.63, 3.8) is 0 Å². The summed E-state index contributed by atoms with van der Waals surface area (Å²) in [5.74, 6) is 3.50. The van der Waals surface area contributed by atoms with Crippen LogP contribution in [0.15, 0.2) is 211 Å². The van der Waals surface area contributed by atoms with E-state index in [1.165, 1.54) is 0 Å². The Morgan fingerprint density at radius 2 is 0.590 bits per heavy atom. The molecule has 8 aromatic carbocycles. The summed E-state index contributed by atoms with van der Waals surface area (Å²) >= 11 is 0. The van der Waals surface area contributed by atoms with Gasteiger partial charge in [-0.05, 0) is 29.3 Å². The normalized spacial score (nSPS) is 11.3. The quantitative estimate of drug-likeness (QED) is 0.152. The molecule has 7 heteroatoms. The molecule has 0 atom stereocenters. The van der Waals surface area contributed by atoms with Gasteiger partial charge < -0.3 is 4.42 Å². The summed E-state index contributed by atoms with van der Waals surface area (Å²) in [5.41, 5.74) is 10.8. The molecule has 0 saturated heterocycles. The molecule has 0 radical (unpaired) electrons. The van der Waals surface area contributed by atoms with Crippen molar-refractivity contribution < 1.29 is 4.42 Å². The van der Waals surface area contributed by atoms with Crippen molar-refractivity contribution in [2.24, 2.45) is 0 Å². The summed E-state index contributed by atoms with van der Waals surface area (Å²) in [4.78, 5) is 30.3. The van der Waals surface area contributed by atoms with Gasteiger partial charge in [-0.2, -0.15) is 0 Å². The van der Waals surface area contributed by atoms with Crippen molar-refractivity contribution in [2.45, 2.75) is 0 Å². The predicted molar refractivity (Wildman–Crippen MR) is 244 cm³/mol. The van der Waals surface area contributed by atoms with Gasteiger partial charge in [0.2, 0.25) is 0 Å². The van der Waals surface area contributed by atoms with Crippen molar-refractivity contribution in [1.82, 2.24) is 29.9 Å². The Balaban J connectivity index is 1.15. The van der Waals surface area contributed by atoms with Crippen LogP contribution in [0.2, 0.25) is 0 Å². The first kappa shape index (κ1) is 35.7. The predicted octanol–water partition coefficient (Wildman–Crippen LogP) is 13.3. The molecular weight excluding hydrogens is 749 g/mol. The van der Waals surface area contributed by atoms with Gasteiger partial charge in [0.25, 0.3) is 0 Å². The zero-order chi connectivity index (χ0) is 40.5. The van der Waals surface area contributed by atoms with Crippen LogP contribution in [0.25, 0.3) is 113 Å². The molecule has 0 bridgehead atoms. The van der Waals surface area contributed by atoms with Gasteiger partial charge in [-0.25, -0.2) is 29.9 Å². The fourth-order valence-corrected chi connectivity index (χ4v) is 7.79. The van der Waals surface area contributed by atoms with Crippen molar-refractivity contribution >= 4 is 21.9 Å². The van der Waals surface area contributed by atoms with E-state index < -0.39 is 0 Å². The molecule has 0 unspecified atom stereocenters. The number of hydrogen-bond donors (Lipinski definition) is 0. The Hall–Kier alpha value is -8.42. The summed E-state index contributed by atoms with van der Waals surface area (Å²) in [5, 5.41) is 1.94. The number of nitrogens with zero attached hydrogens (tertiary/aromatic N) is 6. The largest absolute Gasteiger partial charge is 0.455 e. The highest BCUT2D eigenvalue weighted by atomic mass is 16.3. The van der Waals surface area contributed by atoms with Crippen LogP contribution in [0.4, 0.5) is 0 Å². The van der Waals surface area contributed by atoms with Gasteiger partial charge in [-0.3, -0.25) is 0 Å². The lowest BCUT2D eigenvalue weighted by atomic mass is 9.96. The Morgan fingerprint density at radius 1 is 0.230 bits per heavy atom. The second-order valence-corrected chi connectivity index (χ2v) is 14.7. The summed E-state index contributed by atoms with van der Waals surface area (Å²) in [7, 11) is 0. The molecule has 11 aromatic rings.